The van der Waals surface area contributed by atoms with Gasteiger partial charge in [0, 0.05) is 0 Å². The lowest BCUT2D eigenvalue weighted by Crippen LogP contribution is -1.93. The Hall–Kier alpha value is -1.44. The highest BCUT2D eigenvalue weighted by atomic mass is 32.1. The third-order valence-corrected chi connectivity index (χ3v) is 2.46. The Balaban J connectivity index is 2.61. The lowest BCUT2D eigenvalue weighted by Gasteiger charge is -1.90. The fourth-order valence-electron chi connectivity index (χ4n) is 1.01. The van der Waals surface area contributed by atoms with Crippen molar-refractivity contribution >= 4 is 21.6 Å². The zero-order valence-corrected chi connectivity index (χ0v) is 7.64. The van der Waals surface area contributed by atoms with Gasteiger partial charge in [-0.3, -0.25) is 0 Å². The van der Waals surface area contributed by atoms with Crippen molar-refractivity contribution in [1.82, 2.24) is 9.97 Å². The van der Waals surface area contributed by atoms with Gasteiger partial charge in [-0.2, -0.15) is 0 Å². The molecular formula is C9H7N3S. The predicted octanol–water partition coefficient (Wildman–Crippen LogP) is 1.00. The van der Waals surface area contributed by atoms with Crippen molar-refractivity contribution in [2.75, 3.05) is 6.54 Å². The molecule has 4 heteroatoms. The minimum atomic E-state index is 0.358. The Bertz CT molecular complexity index is 478. The fourth-order valence-corrected chi connectivity index (χ4v) is 1.80. The van der Waals surface area contributed by atoms with E-state index < -0.39 is 0 Å². The smallest absolute Gasteiger partial charge is 0.134 e. The van der Waals surface area contributed by atoms with Crippen LogP contribution in [0.1, 0.15) is 5.69 Å². The lowest BCUT2D eigenvalue weighted by molar-refractivity contribution is 1.21. The van der Waals surface area contributed by atoms with Gasteiger partial charge in [0.1, 0.15) is 12.0 Å². The first-order chi connectivity index (χ1) is 6.42. The van der Waals surface area contributed by atoms with Crippen molar-refractivity contribution in [3.8, 4) is 11.8 Å². The van der Waals surface area contributed by atoms with Crippen LogP contribution in [0.4, 0.5) is 0 Å². The number of rotatable bonds is 0. The standard InChI is InChI=1S/C9H7N3S/c10-4-1-2-7-9-8(3-5-13-9)12-6-11-7/h3,5-6H,4,10H2. The molecule has 2 aromatic rings. The molecule has 0 bridgehead atoms. The second kappa shape index (κ2) is 3.52. The number of aromatic nitrogens is 2. The summed E-state index contributed by atoms with van der Waals surface area (Å²) in [6.07, 6.45) is 1.52. The normalized spacial score (nSPS) is 9.62. The summed E-state index contributed by atoms with van der Waals surface area (Å²) < 4.78 is 1.03. The maximum Gasteiger partial charge on any atom is 0.134 e. The van der Waals surface area contributed by atoms with Crippen molar-refractivity contribution in [2.24, 2.45) is 5.73 Å². The zero-order chi connectivity index (χ0) is 9.10. The number of nitrogens with zero attached hydrogens (tertiary/aromatic N) is 2. The molecule has 2 heterocycles. The van der Waals surface area contributed by atoms with E-state index in [1.165, 1.54) is 6.33 Å². The summed E-state index contributed by atoms with van der Waals surface area (Å²) in [5.74, 6) is 5.70. The molecule has 0 saturated heterocycles. The molecule has 2 aromatic heterocycles. The van der Waals surface area contributed by atoms with Crippen LogP contribution in [0.15, 0.2) is 17.8 Å². The highest BCUT2D eigenvalue weighted by Crippen LogP contribution is 2.19. The summed E-state index contributed by atoms with van der Waals surface area (Å²) in [4.78, 5) is 8.20. The van der Waals surface area contributed by atoms with Crippen LogP contribution in [0.2, 0.25) is 0 Å². The Morgan fingerprint density at radius 3 is 3.23 bits per heavy atom. The van der Waals surface area contributed by atoms with E-state index in [-0.39, 0.29) is 0 Å². The van der Waals surface area contributed by atoms with Crippen LogP contribution >= 0.6 is 11.3 Å². The number of nitrogens with two attached hydrogens (primary N) is 1. The first-order valence-electron chi connectivity index (χ1n) is 3.79. The molecule has 3 nitrogen and oxygen atoms in total. The highest BCUT2D eigenvalue weighted by molar-refractivity contribution is 7.17. The maximum absolute atomic E-state index is 5.28. The predicted molar refractivity (Wildman–Crippen MR) is 53.3 cm³/mol. The number of hydrogen-bond acceptors (Lipinski definition) is 4. The van der Waals surface area contributed by atoms with Gasteiger partial charge in [-0.05, 0) is 17.4 Å². The van der Waals surface area contributed by atoms with Crippen LogP contribution in [0.3, 0.4) is 0 Å². The highest BCUT2D eigenvalue weighted by Gasteiger charge is 2.00. The van der Waals surface area contributed by atoms with Crippen molar-refractivity contribution in [1.29, 1.82) is 0 Å². The topological polar surface area (TPSA) is 51.8 Å². The molecule has 0 radical (unpaired) electrons. The van der Waals surface area contributed by atoms with E-state index in [1.807, 2.05) is 11.4 Å². The molecule has 2 N–H and O–H groups in total. The molecule has 0 atom stereocenters. The van der Waals surface area contributed by atoms with Crippen molar-refractivity contribution in [2.45, 2.75) is 0 Å². The quantitative estimate of drug-likeness (QED) is 0.629. The van der Waals surface area contributed by atoms with Gasteiger partial charge in [-0.15, -0.1) is 11.3 Å². The van der Waals surface area contributed by atoms with Gasteiger partial charge in [-0.1, -0.05) is 5.92 Å². The van der Waals surface area contributed by atoms with E-state index in [1.54, 1.807) is 11.3 Å². The number of fused-ring (bicyclic) bond motifs is 1. The van der Waals surface area contributed by atoms with Crippen molar-refractivity contribution in [3.05, 3.63) is 23.5 Å². The van der Waals surface area contributed by atoms with Gasteiger partial charge in [0.25, 0.3) is 0 Å². The molecule has 0 unspecified atom stereocenters. The number of hydrogen-bond donors (Lipinski definition) is 1. The van der Waals surface area contributed by atoms with Crippen LogP contribution in [-0.2, 0) is 0 Å². The van der Waals surface area contributed by atoms with E-state index >= 15 is 0 Å². The molecule has 2 rings (SSSR count). The van der Waals surface area contributed by atoms with Crippen LogP contribution in [0.25, 0.3) is 10.2 Å². The second-order valence-electron chi connectivity index (χ2n) is 2.36. The first kappa shape index (κ1) is 8.17. The van der Waals surface area contributed by atoms with E-state index in [0.717, 1.165) is 15.9 Å². The molecule has 0 saturated carbocycles. The largest absolute Gasteiger partial charge is 0.320 e. The molecule has 0 spiro atoms. The third-order valence-electron chi connectivity index (χ3n) is 1.55. The molecule has 0 aromatic carbocycles. The number of thiophene rings is 1. The van der Waals surface area contributed by atoms with Gasteiger partial charge >= 0.3 is 0 Å². The lowest BCUT2D eigenvalue weighted by atomic mass is 10.3. The minimum Gasteiger partial charge on any atom is -0.320 e. The summed E-state index contributed by atoms with van der Waals surface area (Å²) >= 11 is 1.60. The zero-order valence-electron chi connectivity index (χ0n) is 6.82. The van der Waals surface area contributed by atoms with Crippen molar-refractivity contribution in [3.63, 3.8) is 0 Å². The maximum atomic E-state index is 5.28. The Kier molecular flexibility index (Phi) is 2.21. The fraction of sp³-hybridized carbons (Fsp3) is 0.111. The summed E-state index contributed by atoms with van der Waals surface area (Å²) in [6, 6.07) is 1.95. The second-order valence-corrected chi connectivity index (χ2v) is 3.28. The van der Waals surface area contributed by atoms with Crippen LogP contribution in [0.5, 0.6) is 0 Å². The van der Waals surface area contributed by atoms with Gasteiger partial charge in [-0.25, -0.2) is 9.97 Å². The van der Waals surface area contributed by atoms with E-state index in [9.17, 15) is 0 Å². The molecule has 0 amide bonds. The summed E-state index contributed by atoms with van der Waals surface area (Å²) in [5, 5.41) is 1.98. The Morgan fingerprint density at radius 2 is 2.38 bits per heavy atom. The molecular weight excluding hydrogens is 182 g/mol. The average molecular weight is 189 g/mol. The molecule has 0 aliphatic rings. The molecule has 13 heavy (non-hydrogen) atoms. The summed E-state index contributed by atoms with van der Waals surface area (Å²) in [5.41, 5.74) is 7.00. The SMILES string of the molecule is NCC#Cc1ncnc2ccsc12. The van der Waals surface area contributed by atoms with Gasteiger partial charge in [0.05, 0.1) is 16.8 Å². The molecule has 0 aliphatic carbocycles. The summed E-state index contributed by atoms with van der Waals surface area (Å²) in [6.45, 7) is 0.358. The molecule has 0 fully saturated rings. The monoisotopic (exact) mass is 189 g/mol. The van der Waals surface area contributed by atoms with E-state index in [2.05, 4.69) is 21.8 Å². The van der Waals surface area contributed by atoms with Gasteiger partial charge < -0.3 is 5.73 Å². The van der Waals surface area contributed by atoms with E-state index in [4.69, 9.17) is 5.73 Å². The van der Waals surface area contributed by atoms with Crippen molar-refractivity contribution < 1.29 is 0 Å². The molecule has 0 aliphatic heterocycles. The third kappa shape index (κ3) is 1.52. The summed E-state index contributed by atoms with van der Waals surface area (Å²) in [7, 11) is 0. The minimum absolute atomic E-state index is 0.358. The Morgan fingerprint density at radius 1 is 1.46 bits per heavy atom. The van der Waals surface area contributed by atoms with Gasteiger partial charge in [0.2, 0.25) is 0 Å². The molecule has 64 valence electrons. The van der Waals surface area contributed by atoms with Crippen LogP contribution in [-0.4, -0.2) is 16.5 Å². The Labute approximate surface area is 79.6 Å². The van der Waals surface area contributed by atoms with Crippen LogP contribution in [0, 0.1) is 11.8 Å². The average Bonchev–Trinajstić information content (AvgIpc) is 2.62. The van der Waals surface area contributed by atoms with Gasteiger partial charge in [0.15, 0.2) is 0 Å². The van der Waals surface area contributed by atoms with E-state index in [0.29, 0.717) is 6.54 Å². The first-order valence-corrected chi connectivity index (χ1v) is 4.67. The van der Waals surface area contributed by atoms with Crippen LogP contribution < -0.4 is 5.73 Å².